The third-order valence-corrected chi connectivity index (χ3v) is 6.62. The number of sulfonamides is 1. The number of rotatable bonds is 8. The van der Waals surface area contributed by atoms with Crippen molar-refractivity contribution in [2.75, 3.05) is 19.6 Å². The second-order valence-corrected chi connectivity index (χ2v) is 8.28. The molecule has 0 radical (unpaired) electrons. The Balaban J connectivity index is 3.01. The third-order valence-electron chi connectivity index (χ3n) is 4.56. The molecule has 0 aliphatic heterocycles. The molecule has 24 heavy (non-hydrogen) atoms. The molecule has 0 bridgehead atoms. The number of benzene rings is 1. The molecule has 1 aromatic rings. The molecule has 136 valence electrons. The van der Waals surface area contributed by atoms with Crippen LogP contribution >= 0.6 is 0 Å². The molecule has 0 saturated carbocycles. The molecular weight excluding hydrogens is 326 g/mol. The number of nitrogens with two attached hydrogens (primary N) is 1. The predicted octanol–water partition coefficient (Wildman–Crippen LogP) is 1.82. The Hall–Kier alpha value is -1.44. The van der Waals surface area contributed by atoms with Gasteiger partial charge in [0.2, 0.25) is 10.0 Å². The third kappa shape index (κ3) is 4.34. The van der Waals surface area contributed by atoms with Crippen LogP contribution < -0.4 is 11.1 Å². The van der Waals surface area contributed by atoms with E-state index in [1.807, 2.05) is 20.8 Å². The van der Waals surface area contributed by atoms with Crippen LogP contribution in [0.3, 0.4) is 0 Å². The van der Waals surface area contributed by atoms with Crippen molar-refractivity contribution in [3.8, 4) is 0 Å². The minimum Gasteiger partial charge on any atom is -0.345 e. The van der Waals surface area contributed by atoms with E-state index in [1.165, 1.54) is 28.6 Å². The highest BCUT2D eigenvalue weighted by molar-refractivity contribution is 7.89. The molecular formula is C17H29N3O3S. The van der Waals surface area contributed by atoms with Gasteiger partial charge in [-0.3, -0.25) is 4.79 Å². The average molecular weight is 356 g/mol. The van der Waals surface area contributed by atoms with Gasteiger partial charge in [0.15, 0.2) is 0 Å². The monoisotopic (exact) mass is 355 g/mol. The normalized spacial score (nSPS) is 14.7. The summed E-state index contributed by atoms with van der Waals surface area (Å²) in [5.74, 6) is -0.0859. The number of carbonyl (C=O) groups excluding carboxylic acids is 1. The summed E-state index contributed by atoms with van der Waals surface area (Å²) in [5.41, 5.74) is 5.68. The first-order valence-corrected chi connectivity index (χ1v) is 9.69. The molecule has 1 amide bonds. The van der Waals surface area contributed by atoms with Crippen molar-refractivity contribution in [3.63, 3.8) is 0 Å². The average Bonchev–Trinajstić information content (AvgIpc) is 2.55. The number of amides is 1. The lowest BCUT2D eigenvalue weighted by Gasteiger charge is -2.33. The van der Waals surface area contributed by atoms with Gasteiger partial charge in [0.1, 0.15) is 0 Å². The summed E-state index contributed by atoms with van der Waals surface area (Å²) in [6.45, 7) is 10.6. The SMILES string of the molecule is CCN(CC)S(=O)(=O)c1ccc(C(=O)NC(C)(CN)C(C)C)cc1. The van der Waals surface area contributed by atoms with E-state index in [9.17, 15) is 13.2 Å². The van der Waals surface area contributed by atoms with E-state index in [-0.39, 0.29) is 16.7 Å². The Morgan fingerprint density at radius 1 is 1.21 bits per heavy atom. The summed E-state index contributed by atoms with van der Waals surface area (Å²) < 4.78 is 26.3. The van der Waals surface area contributed by atoms with Crippen LogP contribution in [0.1, 0.15) is 45.0 Å². The van der Waals surface area contributed by atoms with E-state index in [1.54, 1.807) is 13.8 Å². The lowest BCUT2D eigenvalue weighted by Crippen LogP contribution is -2.55. The Morgan fingerprint density at radius 3 is 2.08 bits per heavy atom. The highest BCUT2D eigenvalue weighted by Gasteiger charge is 2.29. The number of carbonyl (C=O) groups is 1. The Morgan fingerprint density at radius 2 is 1.71 bits per heavy atom. The molecule has 0 saturated heterocycles. The molecule has 1 atom stereocenters. The summed E-state index contributed by atoms with van der Waals surface area (Å²) in [4.78, 5) is 12.6. The Kier molecular flexibility index (Phi) is 6.95. The fourth-order valence-electron chi connectivity index (χ4n) is 2.25. The lowest BCUT2D eigenvalue weighted by atomic mass is 9.88. The van der Waals surface area contributed by atoms with Crippen LogP contribution in [-0.4, -0.2) is 43.8 Å². The molecule has 0 aliphatic rings. The molecule has 0 aromatic heterocycles. The van der Waals surface area contributed by atoms with Gasteiger partial charge < -0.3 is 11.1 Å². The van der Waals surface area contributed by atoms with Crippen molar-refractivity contribution in [1.82, 2.24) is 9.62 Å². The van der Waals surface area contributed by atoms with Gasteiger partial charge in [0.05, 0.1) is 10.4 Å². The van der Waals surface area contributed by atoms with Crippen LogP contribution in [0.25, 0.3) is 0 Å². The molecule has 3 N–H and O–H groups in total. The highest BCUT2D eigenvalue weighted by Crippen LogP contribution is 2.18. The van der Waals surface area contributed by atoms with Gasteiger partial charge in [0, 0.05) is 25.2 Å². The summed E-state index contributed by atoms with van der Waals surface area (Å²) in [7, 11) is -3.52. The van der Waals surface area contributed by atoms with Crippen molar-refractivity contribution in [2.24, 2.45) is 11.7 Å². The van der Waals surface area contributed by atoms with Crippen molar-refractivity contribution in [2.45, 2.75) is 45.1 Å². The topological polar surface area (TPSA) is 92.5 Å². The second-order valence-electron chi connectivity index (χ2n) is 6.34. The first kappa shape index (κ1) is 20.6. The van der Waals surface area contributed by atoms with E-state index in [0.717, 1.165) is 0 Å². The smallest absolute Gasteiger partial charge is 0.251 e. The van der Waals surface area contributed by atoms with Crippen LogP contribution in [0, 0.1) is 5.92 Å². The van der Waals surface area contributed by atoms with Gasteiger partial charge in [-0.05, 0) is 37.1 Å². The van der Waals surface area contributed by atoms with Gasteiger partial charge in [-0.25, -0.2) is 8.42 Å². The van der Waals surface area contributed by atoms with E-state index < -0.39 is 15.6 Å². The quantitative estimate of drug-likeness (QED) is 0.744. The molecule has 7 heteroatoms. The Labute approximate surface area is 145 Å². The molecule has 0 fully saturated rings. The molecule has 0 aliphatic carbocycles. The van der Waals surface area contributed by atoms with Crippen LogP contribution in [0.2, 0.25) is 0 Å². The zero-order chi connectivity index (χ0) is 18.5. The largest absolute Gasteiger partial charge is 0.345 e. The Bertz CT molecular complexity index is 652. The summed E-state index contributed by atoms with van der Waals surface area (Å²) >= 11 is 0. The minimum absolute atomic E-state index is 0.175. The fourth-order valence-corrected chi connectivity index (χ4v) is 3.71. The van der Waals surface area contributed by atoms with Gasteiger partial charge in [-0.1, -0.05) is 27.7 Å². The van der Waals surface area contributed by atoms with Gasteiger partial charge in [-0.2, -0.15) is 4.31 Å². The lowest BCUT2D eigenvalue weighted by molar-refractivity contribution is 0.0883. The molecule has 6 nitrogen and oxygen atoms in total. The van der Waals surface area contributed by atoms with Crippen molar-refractivity contribution < 1.29 is 13.2 Å². The first-order chi connectivity index (χ1) is 11.1. The molecule has 0 spiro atoms. The standard InChI is InChI=1S/C17H29N3O3S/c1-6-20(7-2)24(22,23)15-10-8-14(9-11-15)16(21)19-17(5,12-18)13(3)4/h8-11,13H,6-7,12,18H2,1-5H3,(H,19,21). The van der Waals surface area contributed by atoms with Crippen molar-refractivity contribution >= 4 is 15.9 Å². The number of hydrogen-bond donors (Lipinski definition) is 2. The molecule has 1 rings (SSSR count). The van der Waals surface area contributed by atoms with Crippen LogP contribution in [0.5, 0.6) is 0 Å². The maximum Gasteiger partial charge on any atom is 0.251 e. The van der Waals surface area contributed by atoms with Crippen molar-refractivity contribution in [3.05, 3.63) is 29.8 Å². The van der Waals surface area contributed by atoms with E-state index in [4.69, 9.17) is 5.73 Å². The zero-order valence-corrected chi connectivity index (χ0v) is 16.0. The van der Waals surface area contributed by atoms with Crippen LogP contribution in [-0.2, 0) is 10.0 Å². The molecule has 0 heterocycles. The fraction of sp³-hybridized carbons (Fsp3) is 0.588. The number of nitrogens with one attached hydrogen (secondary N) is 1. The van der Waals surface area contributed by atoms with E-state index in [2.05, 4.69) is 5.32 Å². The highest BCUT2D eigenvalue weighted by atomic mass is 32.2. The molecule has 1 unspecified atom stereocenters. The zero-order valence-electron chi connectivity index (χ0n) is 15.2. The maximum absolute atomic E-state index is 12.4. The summed E-state index contributed by atoms with van der Waals surface area (Å²) in [5, 5.41) is 2.94. The van der Waals surface area contributed by atoms with Gasteiger partial charge >= 0.3 is 0 Å². The van der Waals surface area contributed by atoms with E-state index >= 15 is 0 Å². The van der Waals surface area contributed by atoms with E-state index in [0.29, 0.717) is 25.2 Å². The van der Waals surface area contributed by atoms with Gasteiger partial charge in [0.25, 0.3) is 5.91 Å². The summed E-state index contributed by atoms with van der Waals surface area (Å²) in [6.07, 6.45) is 0. The summed E-state index contributed by atoms with van der Waals surface area (Å²) in [6, 6.07) is 6.00. The van der Waals surface area contributed by atoms with Gasteiger partial charge in [-0.15, -0.1) is 0 Å². The van der Waals surface area contributed by atoms with Crippen LogP contribution in [0.15, 0.2) is 29.2 Å². The predicted molar refractivity (Wildman–Crippen MR) is 96.3 cm³/mol. The minimum atomic E-state index is -3.52. The first-order valence-electron chi connectivity index (χ1n) is 8.25. The molecule has 1 aromatic carbocycles. The maximum atomic E-state index is 12.4. The van der Waals surface area contributed by atoms with Crippen LogP contribution in [0.4, 0.5) is 0 Å². The number of hydrogen-bond acceptors (Lipinski definition) is 4. The number of nitrogens with zero attached hydrogens (tertiary/aromatic N) is 1. The second kappa shape index (κ2) is 8.09. The van der Waals surface area contributed by atoms with Crippen molar-refractivity contribution in [1.29, 1.82) is 0 Å².